The first-order valence-corrected chi connectivity index (χ1v) is 18.3. The number of hydrogen-bond donors (Lipinski definition) is 4. The molecule has 8 rings (SSSR count). The van der Waals surface area contributed by atoms with Crippen LogP contribution < -0.4 is 31.6 Å². The molecule has 0 saturated carbocycles. The number of allylic oxidation sites excluding steroid dienone is 2. The number of imidazole rings is 2. The van der Waals surface area contributed by atoms with Gasteiger partial charge in [0.05, 0.1) is 34.5 Å². The number of carbonyl (C=O) groups excluding carboxylic acids is 4. The van der Waals surface area contributed by atoms with Gasteiger partial charge in [-0.15, -0.1) is 0 Å². The first-order valence-electron chi connectivity index (χ1n) is 18.3. The number of aryl methyl sites for hydroxylation is 4. The number of benzene rings is 2. The molecule has 0 unspecified atom stereocenters. The van der Waals surface area contributed by atoms with Gasteiger partial charge in [-0.1, -0.05) is 19.6 Å². The first kappa shape index (κ1) is 43.8. The van der Waals surface area contributed by atoms with E-state index in [1.54, 1.807) is 45.8 Å². The predicted molar refractivity (Wildman–Crippen MR) is 233 cm³/mol. The Labute approximate surface area is 353 Å². The fraction of sp³-hybridized carbons (Fsp3) is 0.333. The molecule has 20 heteroatoms. The summed E-state index contributed by atoms with van der Waals surface area (Å²) in [6.45, 7) is 8.93. The molecule has 4 amide bonds. The zero-order valence-electron chi connectivity index (χ0n) is 32.2. The van der Waals surface area contributed by atoms with Crippen molar-refractivity contribution >= 4 is 84.6 Å². The standard InChI is InChI=1S/C38H40N12O6.CH4.2H2S/c1-5-47-27(11-19(3)45-47)35(53)43-37-41-25-13-21(33(39)51)15-29-31(25)49(37)23(17-55-29)9-7-8-10-24-18-56-30-16-22(34(40)52)14-26-32(30)50(24)38(42-26)44-36(54)28-12-20(4)46-48(28)6-2;;;/h7-8,11-16,23-24H,5-6,9-10,17-18H2,1-4H3,(H2,39,51)(H2,40,52)(H,41,43,53)(H,42,44,54);1H4;2*1H2/b8-7+;;;/t23-,24-;;;/m0.../s1. The van der Waals surface area contributed by atoms with Crippen LogP contribution in [0.4, 0.5) is 11.9 Å². The molecular formula is C39H48N12O6S2. The van der Waals surface area contributed by atoms with Crippen LogP contribution in [0, 0.1) is 13.8 Å². The van der Waals surface area contributed by atoms with Gasteiger partial charge in [-0.25, -0.2) is 9.97 Å². The molecule has 0 saturated heterocycles. The highest BCUT2D eigenvalue weighted by atomic mass is 32.1. The lowest BCUT2D eigenvalue weighted by Crippen LogP contribution is -2.26. The van der Waals surface area contributed by atoms with Crippen molar-refractivity contribution in [2.45, 2.75) is 73.1 Å². The smallest absolute Gasteiger partial charge is 0.276 e. The molecule has 0 radical (unpaired) electrons. The van der Waals surface area contributed by atoms with Crippen LogP contribution in [0.25, 0.3) is 22.1 Å². The summed E-state index contributed by atoms with van der Waals surface area (Å²) in [6, 6.07) is 9.21. The molecular weight excluding hydrogens is 797 g/mol. The minimum atomic E-state index is -0.623. The highest BCUT2D eigenvalue weighted by Gasteiger charge is 2.31. The molecule has 59 heavy (non-hydrogen) atoms. The van der Waals surface area contributed by atoms with Gasteiger partial charge in [0.25, 0.3) is 11.8 Å². The molecule has 0 spiro atoms. The number of nitrogens with zero attached hydrogens (tertiary/aromatic N) is 8. The Balaban J connectivity index is 0.00000220. The van der Waals surface area contributed by atoms with Crippen molar-refractivity contribution in [2.24, 2.45) is 11.5 Å². The van der Waals surface area contributed by atoms with E-state index in [1.807, 2.05) is 49.0 Å². The summed E-state index contributed by atoms with van der Waals surface area (Å²) in [7, 11) is 0. The van der Waals surface area contributed by atoms with Gasteiger partial charge in [-0.3, -0.25) is 48.3 Å². The van der Waals surface area contributed by atoms with Crippen LogP contribution in [0.3, 0.4) is 0 Å². The van der Waals surface area contributed by atoms with Gasteiger partial charge >= 0.3 is 0 Å². The molecule has 0 fully saturated rings. The number of primary amides is 2. The molecule has 6 N–H and O–H groups in total. The van der Waals surface area contributed by atoms with Crippen molar-refractivity contribution < 1.29 is 28.7 Å². The average molecular weight is 845 g/mol. The molecule has 2 atom stereocenters. The number of amides is 4. The Kier molecular flexibility index (Phi) is 12.8. The summed E-state index contributed by atoms with van der Waals surface area (Å²) in [5, 5.41) is 14.7. The van der Waals surface area contributed by atoms with Crippen molar-refractivity contribution in [3.63, 3.8) is 0 Å². The van der Waals surface area contributed by atoms with Gasteiger partial charge in [0, 0.05) is 24.2 Å². The van der Waals surface area contributed by atoms with E-state index in [1.165, 1.54) is 0 Å². The quantitative estimate of drug-likeness (QED) is 0.122. The van der Waals surface area contributed by atoms with E-state index >= 15 is 0 Å². The van der Waals surface area contributed by atoms with Crippen LogP contribution in [-0.4, -0.2) is 75.5 Å². The molecule has 4 aromatic heterocycles. The lowest BCUT2D eigenvalue weighted by Gasteiger charge is -2.27. The number of carbonyl (C=O) groups is 4. The SMILES string of the molecule is C.CCn1nc(C)cc1C(=O)Nc1nc2cc(C(N)=O)cc3c2n1[C@@H](C/C=C/C[C@H]1COc2cc(C(N)=O)cc4nc(NC(=O)c5cc(C)nn5CC)n1c24)CO3.S.S. The largest absolute Gasteiger partial charge is 0.489 e. The Morgan fingerprint density at radius 2 is 1.08 bits per heavy atom. The van der Waals surface area contributed by atoms with E-state index in [-0.39, 0.29) is 82.7 Å². The summed E-state index contributed by atoms with van der Waals surface area (Å²) in [5.41, 5.74) is 16.1. The minimum absolute atomic E-state index is 0. The second-order valence-corrected chi connectivity index (χ2v) is 13.8. The van der Waals surface area contributed by atoms with Crippen LogP contribution in [0.1, 0.15) is 99.3 Å². The third kappa shape index (κ3) is 7.96. The molecule has 6 aromatic rings. The number of anilines is 2. The molecule has 2 aliphatic rings. The topological polar surface area (TPSA) is 234 Å². The van der Waals surface area contributed by atoms with Gasteiger partial charge in [-0.05, 0) is 76.9 Å². The number of ether oxygens (including phenoxy) is 2. The lowest BCUT2D eigenvalue weighted by molar-refractivity contribution is 0.0991. The van der Waals surface area contributed by atoms with E-state index in [0.29, 0.717) is 94.2 Å². The van der Waals surface area contributed by atoms with Gasteiger partial charge in [-0.2, -0.15) is 37.2 Å². The van der Waals surface area contributed by atoms with Gasteiger partial charge in [0.2, 0.25) is 23.7 Å². The summed E-state index contributed by atoms with van der Waals surface area (Å²) in [6.07, 6.45) is 5.02. The maximum Gasteiger partial charge on any atom is 0.276 e. The van der Waals surface area contributed by atoms with E-state index in [9.17, 15) is 19.2 Å². The first-order chi connectivity index (χ1) is 26.9. The second-order valence-electron chi connectivity index (χ2n) is 13.8. The van der Waals surface area contributed by atoms with Crippen LogP contribution in [0.2, 0.25) is 0 Å². The maximum absolute atomic E-state index is 13.6. The van der Waals surface area contributed by atoms with Crippen LogP contribution >= 0.6 is 27.0 Å². The highest BCUT2D eigenvalue weighted by molar-refractivity contribution is 7.59. The molecule has 6 heterocycles. The molecule has 2 aromatic carbocycles. The summed E-state index contributed by atoms with van der Waals surface area (Å²) in [4.78, 5) is 60.8. The normalized spacial score (nSPS) is 15.1. The Bertz CT molecular complexity index is 2460. The number of nitrogens with one attached hydrogen (secondary N) is 2. The minimum Gasteiger partial charge on any atom is -0.489 e. The molecule has 0 aliphatic carbocycles. The summed E-state index contributed by atoms with van der Waals surface area (Å²) < 4.78 is 19.4. The van der Waals surface area contributed by atoms with Gasteiger partial charge in [0.15, 0.2) is 0 Å². The Morgan fingerprint density at radius 1 is 0.695 bits per heavy atom. The zero-order chi connectivity index (χ0) is 39.4. The van der Waals surface area contributed by atoms with Crippen molar-refractivity contribution in [2.75, 3.05) is 23.8 Å². The maximum atomic E-state index is 13.6. The monoisotopic (exact) mass is 844 g/mol. The zero-order valence-corrected chi connectivity index (χ0v) is 34.2. The Morgan fingerprint density at radius 3 is 1.44 bits per heavy atom. The third-order valence-electron chi connectivity index (χ3n) is 9.96. The van der Waals surface area contributed by atoms with Gasteiger partial charge in [0.1, 0.15) is 47.1 Å². The lowest BCUT2D eigenvalue weighted by atomic mass is 10.1. The van der Waals surface area contributed by atoms with Crippen LogP contribution in [-0.2, 0) is 13.1 Å². The molecule has 2 aliphatic heterocycles. The third-order valence-corrected chi connectivity index (χ3v) is 9.96. The fourth-order valence-electron chi connectivity index (χ4n) is 7.43. The van der Waals surface area contributed by atoms with Crippen molar-refractivity contribution in [3.8, 4) is 11.5 Å². The van der Waals surface area contributed by atoms with E-state index < -0.39 is 11.8 Å². The predicted octanol–water partition coefficient (Wildman–Crippen LogP) is 4.90. The van der Waals surface area contributed by atoms with E-state index in [2.05, 4.69) is 20.8 Å². The van der Waals surface area contributed by atoms with Gasteiger partial charge < -0.3 is 20.9 Å². The van der Waals surface area contributed by atoms with Crippen LogP contribution in [0.5, 0.6) is 11.5 Å². The number of aromatic nitrogens is 8. The van der Waals surface area contributed by atoms with Crippen molar-refractivity contribution in [1.29, 1.82) is 0 Å². The number of hydrogen-bond acceptors (Lipinski definition) is 10. The van der Waals surface area contributed by atoms with Crippen molar-refractivity contribution in [3.05, 3.63) is 82.5 Å². The molecule has 18 nitrogen and oxygen atoms in total. The van der Waals surface area contributed by atoms with Crippen molar-refractivity contribution in [1.82, 2.24) is 38.7 Å². The number of nitrogens with two attached hydrogens (primary N) is 2. The molecule has 0 bridgehead atoms. The Hall–Kier alpha value is -6.28. The van der Waals surface area contributed by atoms with E-state index in [4.69, 9.17) is 30.9 Å². The average Bonchev–Trinajstić information content (AvgIpc) is 3.95. The van der Waals surface area contributed by atoms with E-state index in [0.717, 1.165) is 0 Å². The number of rotatable bonds is 12. The van der Waals surface area contributed by atoms with Crippen LogP contribution in [0.15, 0.2) is 48.6 Å². The summed E-state index contributed by atoms with van der Waals surface area (Å²) in [5.74, 6) is -0.528. The molecule has 312 valence electrons. The fourth-order valence-corrected chi connectivity index (χ4v) is 7.43. The highest BCUT2D eigenvalue weighted by Crippen LogP contribution is 2.40. The summed E-state index contributed by atoms with van der Waals surface area (Å²) >= 11 is 0. The second kappa shape index (κ2) is 17.3.